The lowest BCUT2D eigenvalue weighted by molar-refractivity contribution is 0.0707. The van der Waals surface area contributed by atoms with Crippen molar-refractivity contribution in [1.29, 1.82) is 0 Å². The molecule has 23 heavy (non-hydrogen) atoms. The van der Waals surface area contributed by atoms with Crippen LogP contribution in [0.1, 0.15) is 45.2 Å². The molecule has 114 valence electrons. The first-order valence-corrected chi connectivity index (χ1v) is 7.64. The lowest BCUT2D eigenvalue weighted by atomic mass is 9.97. The van der Waals surface area contributed by atoms with Crippen molar-refractivity contribution < 1.29 is 9.59 Å². The molecule has 1 atom stereocenters. The van der Waals surface area contributed by atoms with Crippen LogP contribution in [0.3, 0.4) is 0 Å². The summed E-state index contributed by atoms with van der Waals surface area (Å²) in [5.74, 6) is 2.56. The van der Waals surface area contributed by atoms with Crippen molar-refractivity contribution >= 4 is 11.7 Å². The minimum Gasteiger partial charge on any atom is -0.330 e. The summed E-state index contributed by atoms with van der Waals surface area (Å²) in [6.07, 6.45) is 6.10. The van der Waals surface area contributed by atoms with E-state index in [-0.39, 0.29) is 24.2 Å². The number of hydrogen-bond donors (Lipinski definition) is 0. The van der Waals surface area contributed by atoms with Crippen LogP contribution in [0.5, 0.6) is 0 Å². The molecule has 1 aliphatic rings. The highest BCUT2D eigenvalue weighted by Crippen LogP contribution is 2.36. The van der Waals surface area contributed by atoms with Crippen LogP contribution in [-0.2, 0) is 0 Å². The maximum Gasteiger partial charge on any atom is 0.254 e. The van der Waals surface area contributed by atoms with E-state index in [0.717, 1.165) is 5.56 Å². The molecule has 0 spiro atoms. The number of ketones is 1. The van der Waals surface area contributed by atoms with E-state index >= 15 is 0 Å². The molecule has 1 unspecified atom stereocenters. The van der Waals surface area contributed by atoms with Gasteiger partial charge < -0.3 is 4.90 Å². The van der Waals surface area contributed by atoms with E-state index < -0.39 is 0 Å². The van der Waals surface area contributed by atoms with Gasteiger partial charge in [-0.2, -0.15) is 0 Å². The summed E-state index contributed by atoms with van der Waals surface area (Å²) in [7, 11) is 0. The van der Waals surface area contributed by atoms with Crippen molar-refractivity contribution in [3.05, 3.63) is 71.3 Å². The number of hydrogen-bond acceptors (Lipinski definition) is 2. The number of nitrogens with zero attached hydrogens (tertiary/aromatic N) is 1. The molecule has 0 aliphatic carbocycles. The molecule has 0 bridgehead atoms. The summed E-state index contributed by atoms with van der Waals surface area (Å²) >= 11 is 0. The minimum atomic E-state index is -0.236. The number of terminal acetylenes is 1. The lowest BCUT2D eigenvalue weighted by Gasteiger charge is -2.24. The zero-order chi connectivity index (χ0) is 16.2. The molecule has 1 amide bonds. The van der Waals surface area contributed by atoms with Crippen LogP contribution in [-0.4, -0.2) is 23.1 Å². The van der Waals surface area contributed by atoms with E-state index in [1.807, 2.05) is 42.5 Å². The van der Waals surface area contributed by atoms with E-state index in [4.69, 9.17) is 6.42 Å². The average Bonchev–Trinajstić information content (AvgIpc) is 2.86. The van der Waals surface area contributed by atoms with Gasteiger partial charge in [-0.05, 0) is 11.6 Å². The number of carbonyl (C=O) groups excluding carboxylic acids is 2. The fourth-order valence-electron chi connectivity index (χ4n) is 3.03. The monoisotopic (exact) mass is 303 g/mol. The fraction of sp³-hybridized carbons (Fsp3) is 0.200. The van der Waals surface area contributed by atoms with Crippen LogP contribution < -0.4 is 0 Å². The molecular weight excluding hydrogens is 286 g/mol. The Morgan fingerprint density at radius 2 is 1.78 bits per heavy atom. The Bertz CT molecular complexity index is 774. The number of carbonyl (C=O) groups is 2. The van der Waals surface area contributed by atoms with Gasteiger partial charge in [0.05, 0.1) is 6.04 Å². The highest BCUT2D eigenvalue weighted by Gasteiger charge is 2.37. The van der Waals surface area contributed by atoms with Crippen LogP contribution in [0.25, 0.3) is 0 Å². The standard InChI is InChI=1S/C20H17NO2/c1-2-3-13-21-18(14-19(22)15-9-5-4-6-10-15)16-11-7-8-12-17(16)20(21)23/h1,4-12,18H,3,13-14H2. The predicted molar refractivity (Wildman–Crippen MR) is 89.1 cm³/mol. The highest BCUT2D eigenvalue weighted by atomic mass is 16.2. The maximum atomic E-state index is 12.6. The third kappa shape index (κ3) is 2.89. The first kappa shape index (κ1) is 15.1. The third-order valence-corrected chi connectivity index (χ3v) is 4.16. The van der Waals surface area contributed by atoms with Crippen LogP contribution in [0.2, 0.25) is 0 Å². The molecule has 1 heterocycles. The van der Waals surface area contributed by atoms with Gasteiger partial charge in [-0.15, -0.1) is 12.3 Å². The number of benzene rings is 2. The molecule has 3 rings (SSSR count). The second-order valence-electron chi connectivity index (χ2n) is 5.55. The van der Waals surface area contributed by atoms with E-state index in [9.17, 15) is 9.59 Å². The molecule has 3 heteroatoms. The molecular formula is C20H17NO2. The zero-order valence-electron chi connectivity index (χ0n) is 12.7. The number of fused-ring (bicyclic) bond motifs is 1. The number of Topliss-reactive ketones (excluding diaryl/α,β-unsaturated/α-hetero) is 1. The second-order valence-corrected chi connectivity index (χ2v) is 5.55. The van der Waals surface area contributed by atoms with Gasteiger partial charge in [0.15, 0.2) is 5.78 Å². The summed E-state index contributed by atoms with van der Waals surface area (Å²) in [6, 6.07) is 16.4. The van der Waals surface area contributed by atoms with E-state index in [1.54, 1.807) is 17.0 Å². The van der Waals surface area contributed by atoms with Crippen molar-refractivity contribution in [2.75, 3.05) is 6.54 Å². The van der Waals surface area contributed by atoms with Gasteiger partial charge in [-0.3, -0.25) is 9.59 Å². The van der Waals surface area contributed by atoms with Crippen molar-refractivity contribution in [3.63, 3.8) is 0 Å². The predicted octanol–water partition coefficient (Wildman–Crippen LogP) is 3.48. The summed E-state index contributed by atoms with van der Waals surface area (Å²) in [4.78, 5) is 26.9. The van der Waals surface area contributed by atoms with E-state index in [1.165, 1.54) is 0 Å². The number of rotatable bonds is 5. The van der Waals surface area contributed by atoms with E-state index in [2.05, 4.69) is 5.92 Å². The first-order valence-electron chi connectivity index (χ1n) is 7.64. The highest BCUT2D eigenvalue weighted by molar-refractivity contribution is 6.02. The molecule has 0 N–H and O–H groups in total. The molecule has 3 nitrogen and oxygen atoms in total. The Kier molecular flexibility index (Phi) is 4.25. The Balaban J connectivity index is 1.89. The zero-order valence-corrected chi connectivity index (χ0v) is 12.7. The normalized spacial score (nSPS) is 16.0. The lowest BCUT2D eigenvalue weighted by Crippen LogP contribution is -2.30. The summed E-state index contributed by atoms with van der Waals surface area (Å²) in [5, 5.41) is 0. The van der Waals surface area contributed by atoms with Gasteiger partial charge in [0.2, 0.25) is 0 Å². The molecule has 1 aliphatic heterocycles. The smallest absolute Gasteiger partial charge is 0.254 e. The Hall–Kier alpha value is -2.86. The van der Waals surface area contributed by atoms with Crippen LogP contribution in [0, 0.1) is 12.3 Å². The molecule has 0 fully saturated rings. The Labute approximate surface area is 135 Å². The van der Waals surface area contributed by atoms with Gasteiger partial charge in [0.25, 0.3) is 5.91 Å². The van der Waals surface area contributed by atoms with Crippen molar-refractivity contribution in [1.82, 2.24) is 4.90 Å². The van der Waals surface area contributed by atoms with Crippen LogP contribution in [0.15, 0.2) is 54.6 Å². The topological polar surface area (TPSA) is 37.4 Å². The Morgan fingerprint density at radius 3 is 2.52 bits per heavy atom. The minimum absolute atomic E-state index is 0.0332. The van der Waals surface area contributed by atoms with Gasteiger partial charge in [0.1, 0.15) is 0 Å². The van der Waals surface area contributed by atoms with Crippen molar-refractivity contribution in [2.24, 2.45) is 0 Å². The van der Waals surface area contributed by atoms with Gasteiger partial charge >= 0.3 is 0 Å². The van der Waals surface area contributed by atoms with Gasteiger partial charge in [-0.1, -0.05) is 48.5 Å². The molecule has 0 saturated carbocycles. The maximum absolute atomic E-state index is 12.6. The van der Waals surface area contributed by atoms with Crippen LogP contribution in [0.4, 0.5) is 0 Å². The van der Waals surface area contributed by atoms with E-state index in [0.29, 0.717) is 24.1 Å². The number of amides is 1. The van der Waals surface area contributed by atoms with Crippen molar-refractivity contribution in [3.8, 4) is 12.3 Å². The third-order valence-electron chi connectivity index (χ3n) is 4.16. The quantitative estimate of drug-likeness (QED) is 0.626. The Morgan fingerprint density at radius 1 is 1.09 bits per heavy atom. The second kappa shape index (κ2) is 6.50. The summed E-state index contributed by atoms with van der Waals surface area (Å²) in [5.41, 5.74) is 2.26. The summed E-state index contributed by atoms with van der Waals surface area (Å²) in [6.45, 7) is 0.469. The molecule has 0 radical (unpaired) electrons. The summed E-state index contributed by atoms with van der Waals surface area (Å²) < 4.78 is 0. The van der Waals surface area contributed by atoms with Crippen LogP contribution >= 0.6 is 0 Å². The fourth-order valence-corrected chi connectivity index (χ4v) is 3.03. The SMILES string of the molecule is C#CCCN1C(=O)c2ccccc2C1CC(=O)c1ccccc1. The largest absolute Gasteiger partial charge is 0.330 e. The first-order chi connectivity index (χ1) is 11.2. The molecule has 0 saturated heterocycles. The van der Waals surface area contributed by atoms with Gasteiger partial charge in [0, 0.05) is 30.5 Å². The molecule has 2 aromatic rings. The molecule has 2 aromatic carbocycles. The average molecular weight is 303 g/mol. The van der Waals surface area contributed by atoms with Gasteiger partial charge in [-0.25, -0.2) is 0 Å². The van der Waals surface area contributed by atoms with Crippen molar-refractivity contribution in [2.45, 2.75) is 18.9 Å². The molecule has 0 aromatic heterocycles.